The van der Waals surface area contributed by atoms with Gasteiger partial charge in [0.2, 0.25) is 5.78 Å². The van der Waals surface area contributed by atoms with Crippen LogP contribution in [0.2, 0.25) is 0 Å². The van der Waals surface area contributed by atoms with E-state index in [1.54, 1.807) is 6.92 Å². The maximum absolute atomic E-state index is 11.3. The molecule has 0 radical (unpaired) electrons. The minimum Gasteiger partial charge on any atom is -0.394 e. The molecule has 0 bridgehead atoms. The quantitative estimate of drug-likeness (QED) is 0.525. The molecule has 114 valence electrons. The molecule has 0 amide bonds. The highest BCUT2D eigenvalue weighted by Crippen LogP contribution is 2.27. The van der Waals surface area contributed by atoms with E-state index in [1.165, 1.54) is 16.7 Å². The van der Waals surface area contributed by atoms with Gasteiger partial charge in [-0.25, -0.2) is 0 Å². The second-order valence-corrected chi connectivity index (χ2v) is 4.79. The van der Waals surface area contributed by atoms with Crippen LogP contribution in [0.5, 0.6) is 0 Å². The van der Waals surface area contributed by atoms with Crippen molar-refractivity contribution in [2.24, 2.45) is 5.73 Å². The van der Waals surface area contributed by atoms with Gasteiger partial charge in [0.15, 0.2) is 6.29 Å². The van der Waals surface area contributed by atoms with Gasteiger partial charge >= 0.3 is 0 Å². The first-order valence-corrected chi connectivity index (χ1v) is 7.38. The van der Waals surface area contributed by atoms with E-state index in [2.05, 4.69) is 25.1 Å². The van der Waals surface area contributed by atoms with E-state index in [0.717, 1.165) is 19.5 Å². The number of rotatable bonds is 4. The van der Waals surface area contributed by atoms with Crippen molar-refractivity contribution in [2.75, 3.05) is 0 Å². The highest BCUT2D eigenvalue weighted by atomic mass is 16.2. The van der Waals surface area contributed by atoms with E-state index in [0.29, 0.717) is 5.70 Å². The van der Waals surface area contributed by atoms with E-state index in [9.17, 15) is 9.59 Å². The van der Waals surface area contributed by atoms with Gasteiger partial charge in [-0.15, -0.1) is 0 Å². The summed E-state index contributed by atoms with van der Waals surface area (Å²) in [5.41, 5.74) is 10.2. The van der Waals surface area contributed by atoms with Crippen LogP contribution >= 0.6 is 0 Å². The molecule has 2 N–H and O–H groups in total. The topological polar surface area (TPSA) is 63.4 Å². The zero-order chi connectivity index (χ0) is 16.0. The van der Waals surface area contributed by atoms with Crippen LogP contribution in [0.1, 0.15) is 44.4 Å². The van der Waals surface area contributed by atoms with E-state index in [-0.39, 0.29) is 12.0 Å². The largest absolute Gasteiger partial charge is 0.394 e. The van der Waals surface area contributed by atoms with Gasteiger partial charge in [-0.3, -0.25) is 9.59 Å². The average molecular weight is 288 g/mol. The Hall–Kier alpha value is -2.10. The molecule has 0 fully saturated rings. The minimum absolute atomic E-state index is 0.0403. The predicted molar refractivity (Wildman–Crippen MR) is 84.4 cm³/mol. The monoisotopic (exact) mass is 288 g/mol. The lowest BCUT2D eigenvalue weighted by Gasteiger charge is -2.19. The molecule has 1 aromatic rings. The van der Waals surface area contributed by atoms with Crippen LogP contribution in [-0.2, 0) is 29.1 Å². The molecule has 4 nitrogen and oxygen atoms in total. The van der Waals surface area contributed by atoms with Gasteiger partial charge in [0.1, 0.15) is 5.70 Å². The Bertz CT molecular complexity index is 562. The number of ketones is 1. The Labute approximate surface area is 126 Å². The molecule has 21 heavy (non-hydrogen) atoms. The van der Waals surface area contributed by atoms with E-state index in [1.807, 2.05) is 18.7 Å². The maximum atomic E-state index is 11.3. The van der Waals surface area contributed by atoms with Crippen LogP contribution in [0.4, 0.5) is 0 Å². The van der Waals surface area contributed by atoms with Crippen molar-refractivity contribution in [1.29, 1.82) is 0 Å². The normalized spacial score (nSPS) is 13.8. The summed E-state index contributed by atoms with van der Waals surface area (Å²) in [4.78, 5) is 23.8. The lowest BCUT2D eigenvalue weighted by Crippen LogP contribution is -2.23. The molecule has 1 aliphatic rings. The molecule has 4 heteroatoms. The zero-order valence-corrected chi connectivity index (χ0v) is 13.3. The van der Waals surface area contributed by atoms with Gasteiger partial charge in [-0.05, 0) is 30.0 Å². The number of Topliss-reactive ketones (excluding diaryl/α,β-unsaturated/α-hetero) is 1. The summed E-state index contributed by atoms with van der Waals surface area (Å²) in [7, 11) is 0. The van der Waals surface area contributed by atoms with Crippen LogP contribution in [0.25, 0.3) is 0 Å². The molecular formula is C17H24N2O2. The number of allylic oxidation sites excluding steroid dienone is 2. The van der Waals surface area contributed by atoms with Crippen molar-refractivity contribution >= 4 is 12.1 Å². The van der Waals surface area contributed by atoms with Crippen molar-refractivity contribution < 1.29 is 9.59 Å². The third-order valence-electron chi connectivity index (χ3n) is 3.64. The SMILES string of the molecule is CC.CCc1ccc2c(c1)CN(/C(C)=C(\N)C(=O)C=O)C2. The second kappa shape index (κ2) is 7.62. The lowest BCUT2D eigenvalue weighted by atomic mass is 10.1. The molecule has 1 heterocycles. The van der Waals surface area contributed by atoms with Crippen molar-refractivity contribution in [1.82, 2.24) is 4.90 Å². The Balaban J connectivity index is 0.00000106. The molecule has 0 saturated carbocycles. The molecule has 0 unspecified atom stereocenters. The van der Waals surface area contributed by atoms with E-state index < -0.39 is 5.78 Å². The average Bonchev–Trinajstić information content (AvgIpc) is 2.97. The first kappa shape index (κ1) is 17.0. The van der Waals surface area contributed by atoms with Crippen LogP contribution in [0, 0.1) is 0 Å². The number of benzene rings is 1. The molecule has 0 aliphatic carbocycles. The number of hydrogen-bond donors (Lipinski definition) is 1. The van der Waals surface area contributed by atoms with Crippen molar-refractivity contribution in [3.8, 4) is 0 Å². The fourth-order valence-electron chi connectivity index (χ4n) is 2.32. The van der Waals surface area contributed by atoms with Crippen LogP contribution in [0.3, 0.4) is 0 Å². The summed E-state index contributed by atoms with van der Waals surface area (Å²) < 4.78 is 0. The van der Waals surface area contributed by atoms with Gasteiger partial charge in [-0.1, -0.05) is 39.0 Å². The number of carbonyl (C=O) groups is 2. The van der Waals surface area contributed by atoms with Crippen molar-refractivity contribution in [2.45, 2.75) is 47.2 Å². The number of hydrogen-bond acceptors (Lipinski definition) is 4. The first-order chi connectivity index (χ1) is 10.1. The molecular weight excluding hydrogens is 264 g/mol. The Morgan fingerprint density at radius 3 is 2.48 bits per heavy atom. The van der Waals surface area contributed by atoms with Gasteiger partial charge < -0.3 is 10.6 Å². The molecule has 1 aromatic carbocycles. The number of carbonyl (C=O) groups excluding carboxylic acids is 2. The number of nitrogens with two attached hydrogens (primary N) is 1. The lowest BCUT2D eigenvalue weighted by molar-refractivity contribution is -0.127. The highest BCUT2D eigenvalue weighted by molar-refractivity contribution is 6.32. The third kappa shape index (κ3) is 3.72. The number of nitrogens with zero attached hydrogens (tertiary/aromatic N) is 1. The van der Waals surface area contributed by atoms with Gasteiger partial charge in [0.05, 0.1) is 0 Å². The standard InChI is InChI=1S/C15H18N2O2.C2H6/c1-3-11-4-5-12-7-17(8-13(12)6-11)10(2)15(16)14(19)9-18;1-2/h4-6,9H,3,7-8,16H2,1-2H3;1-2H3/b15-10-;. The fourth-order valence-corrected chi connectivity index (χ4v) is 2.32. The molecule has 0 spiro atoms. The molecule has 0 saturated heterocycles. The Morgan fingerprint density at radius 1 is 1.29 bits per heavy atom. The number of aldehydes is 1. The maximum Gasteiger partial charge on any atom is 0.242 e. The van der Waals surface area contributed by atoms with E-state index in [4.69, 9.17) is 5.73 Å². The molecule has 0 aromatic heterocycles. The number of fused-ring (bicyclic) bond motifs is 1. The van der Waals surface area contributed by atoms with Crippen LogP contribution < -0.4 is 5.73 Å². The van der Waals surface area contributed by atoms with Crippen LogP contribution in [0.15, 0.2) is 29.6 Å². The van der Waals surface area contributed by atoms with Crippen molar-refractivity contribution in [3.63, 3.8) is 0 Å². The summed E-state index contributed by atoms with van der Waals surface area (Å²) >= 11 is 0. The second-order valence-electron chi connectivity index (χ2n) is 4.79. The van der Waals surface area contributed by atoms with Gasteiger partial charge in [0, 0.05) is 18.8 Å². The summed E-state index contributed by atoms with van der Waals surface area (Å²) in [5, 5.41) is 0. The summed E-state index contributed by atoms with van der Waals surface area (Å²) in [5.74, 6) is -0.650. The number of aryl methyl sites for hydroxylation is 1. The summed E-state index contributed by atoms with van der Waals surface area (Å²) in [6.07, 6.45) is 1.27. The van der Waals surface area contributed by atoms with Gasteiger partial charge in [-0.2, -0.15) is 0 Å². The molecule has 1 aliphatic heterocycles. The fraction of sp³-hybridized carbons (Fsp3) is 0.412. The minimum atomic E-state index is -0.650. The van der Waals surface area contributed by atoms with Crippen LogP contribution in [-0.4, -0.2) is 17.0 Å². The smallest absolute Gasteiger partial charge is 0.242 e. The van der Waals surface area contributed by atoms with Crippen molar-refractivity contribution in [3.05, 3.63) is 46.3 Å². The summed E-state index contributed by atoms with van der Waals surface area (Å²) in [6.45, 7) is 9.38. The van der Waals surface area contributed by atoms with E-state index >= 15 is 0 Å². The predicted octanol–water partition coefficient (Wildman–Crippen LogP) is 2.55. The summed E-state index contributed by atoms with van der Waals surface area (Å²) in [6, 6.07) is 6.45. The first-order valence-electron chi connectivity index (χ1n) is 7.38. The zero-order valence-electron chi connectivity index (χ0n) is 13.3. The Kier molecular flexibility index (Phi) is 6.15. The Morgan fingerprint density at radius 2 is 1.90 bits per heavy atom. The third-order valence-corrected chi connectivity index (χ3v) is 3.64. The molecule has 0 atom stereocenters. The van der Waals surface area contributed by atoms with Gasteiger partial charge in [0.25, 0.3) is 0 Å². The highest BCUT2D eigenvalue weighted by Gasteiger charge is 2.22. The molecule has 2 rings (SSSR count).